The van der Waals surface area contributed by atoms with Crippen LogP contribution in [0.15, 0.2) is 30.5 Å². The molecule has 0 saturated heterocycles. The number of amides is 1. The predicted octanol–water partition coefficient (Wildman–Crippen LogP) is 2.22. The van der Waals surface area contributed by atoms with E-state index in [1.807, 2.05) is 38.1 Å². The molecule has 0 bridgehead atoms. The highest BCUT2D eigenvalue weighted by Crippen LogP contribution is 2.30. The predicted molar refractivity (Wildman–Crippen MR) is 88.4 cm³/mol. The van der Waals surface area contributed by atoms with Crippen LogP contribution >= 0.6 is 0 Å². The van der Waals surface area contributed by atoms with Crippen LogP contribution < -0.4 is 10.1 Å². The van der Waals surface area contributed by atoms with E-state index in [9.17, 15) is 9.90 Å². The van der Waals surface area contributed by atoms with Crippen molar-refractivity contribution < 1.29 is 14.6 Å². The highest BCUT2D eigenvalue weighted by atomic mass is 16.5. The molecule has 2 aromatic rings. The summed E-state index contributed by atoms with van der Waals surface area (Å²) in [6.45, 7) is 3.93. The number of rotatable bonds is 7. The topological polar surface area (TPSA) is 87.2 Å². The van der Waals surface area contributed by atoms with Crippen molar-refractivity contribution in [3.05, 3.63) is 36.0 Å². The van der Waals surface area contributed by atoms with E-state index < -0.39 is 0 Å². The van der Waals surface area contributed by atoms with Crippen LogP contribution in [-0.4, -0.2) is 41.0 Å². The van der Waals surface area contributed by atoms with E-state index in [1.165, 1.54) is 6.20 Å². The van der Waals surface area contributed by atoms with Crippen molar-refractivity contribution in [2.45, 2.75) is 26.3 Å². The second kappa shape index (κ2) is 7.78. The summed E-state index contributed by atoms with van der Waals surface area (Å²) in [5, 5.41) is 19.2. The summed E-state index contributed by atoms with van der Waals surface area (Å²) in [4.78, 5) is 12.6. The molecule has 3 N–H and O–H groups in total. The lowest BCUT2D eigenvalue weighted by molar-refractivity contribution is 0.0892. The van der Waals surface area contributed by atoms with Crippen molar-refractivity contribution in [2.24, 2.45) is 5.92 Å². The van der Waals surface area contributed by atoms with Crippen molar-refractivity contribution in [1.82, 2.24) is 15.5 Å². The Kier molecular flexibility index (Phi) is 5.76. The second-order valence-corrected chi connectivity index (χ2v) is 5.51. The van der Waals surface area contributed by atoms with Gasteiger partial charge in [0.15, 0.2) is 0 Å². The van der Waals surface area contributed by atoms with Gasteiger partial charge >= 0.3 is 0 Å². The molecule has 6 nitrogen and oxygen atoms in total. The lowest BCUT2D eigenvalue weighted by atomic mass is 9.99. The van der Waals surface area contributed by atoms with Crippen LogP contribution in [0.5, 0.6) is 5.75 Å². The van der Waals surface area contributed by atoms with E-state index in [0.29, 0.717) is 17.0 Å². The number of nitrogens with zero attached hydrogens (tertiary/aromatic N) is 1. The number of carbonyl (C=O) groups excluding carboxylic acids is 1. The molecule has 23 heavy (non-hydrogen) atoms. The normalized spacial score (nSPS) is 13.4. The third-order valence-corrected chi connectivity index (χ3v) is 4.10. The maximum absolute atomic E-state index is 12.6. The van der Waals surface area contributed by atoms with Gasteiger partial charge in [0.2, 0.25) is 0 Å². The quantitative estimate of drug-likeness (QED) is 0.731. The van der Waals surface area contributed by atoms with Crippen molar-refractivity contribution in [1.29, 1.82) is 0 Å². The average Bonchev–Trinajstić information content (AvgIpc) is 3.08. The average molecular weight is 317 g/mol. The Labute approximate surface area is 135 Å². The lowest BCUT2D eigenvalue weighted by Gasteiger charge is -2.22. The van der Waals surface area contributed by atoms with Crippen LogP contribution in [0.1, 0.15) is 30.6 Å². The zero-order chi connectivity index (χ0) is 16.8. The van der Waals surface area contributed by atoms with Crippen molar-refractivity contribution in [2.75, 3.05) is 13.7 Å². The summed E-state index contributed by atoms with van der Waals surface area (Å²) >= 11 is 0. The van der Waals surface area contributed by atoms with E-state index in [4.69, 9.17) is 4.74 Å². The molecule has 0 saturated carbocycles. The Morgan fingerprint density at radius 1 is 1.43 bits per heavy atom. The van der Waals surface area contributed by atoms with Gasteiger partial charge in [-0.2, -0.15) is 5.10 Å². The summed E-state index contributed by atoms with van der Waals surface area (Å²) in [6.07, 6.45) is 2.36. The molecule has 2 atom stereocenters. The Balaban J connectivity index is 2.28. The highest BCUT2D eigenvalue weighted by molar-refractivity contribution is 6.00. The van der Waals surface area contributed by atoms with Crippen molar-refractivity contribution >= 4 is 5.91 Å². The fourth-order valence-corrected chi connectivity index (χ4v) is 2.41. The van der Waals surface area contributed by atoms with E-state index >= 15 is 0 Å². The van der Waals surface area contributed by atoms with E-state index in [-0.39, 0.29) is 24.5 Å². The van der Waals surface area contributed by atoms with Crippen LogP contribution in [0.3, 0.4) is 0 Å². The van der Waals surface area contributed by atoms with Crippen molar-refractivity contribution in [3.8, 4) is 17.0 Å². The first-order chi connectivity index (χ1) is 11.1. The van der Waals surface area contributed by atoms with Gasteiger partial charge in [0.25, 0.3) is 5.91 Å². The summed E-state index contributed by atoms with van der Waals surface area (Å²) in [7, 11) is 1.58. The highest BCUT2D eigenvalue weighted by Gasteiger charge is 2.22. The summed E-state index contributed by atoms with van der Waals surface area (Å²) in [5.74, 6) is 0.580. The number of H-pyrrole nitrogens is 1. The molecule has 1 heterocycles. The van der Waals surface area contributed by atoms with Gasteiger partial charge in [-0.25, -0.2) is 0 Å². The molecule has 6 heteroatoms. The molecule has 1 aromatic heterocycles. The Morgan fingerprint density at radius 3 is 2.83 bits per heavy atom. The third kappa shape index (κ3) is 3.71. The van der Waals surface area contributed by atoms with E-state index in [2.05, 4.69) is 15.5 Å². The molecule has 0 fully saturated rings. The summed E-state index contributed by atoms with van der Waals surface area (Å²) < 4.78 is 5.34. The lowest BCUT2D eigenvalue weighted by Crippen LogP contribution is -2.41. The van der Waals surface area contributed by atoms with E-state index in [1.54, 1.807) is 7.11 Å². The number of aliphatic hydroxyl groups excluding tert-OH is 1. The number of aromatic amines is 1. The Hall–Kier alpha value is -2.34. The van der Waals surface area contributed by atoms with Gasteiger partial charge in [0.1, 0.15) is 5.75 Å². The van der Waals surface area contributed by atoms with Gasteiger partial charge in [0.05, 0.1) is 37.2 Å². The molecule has 0 aliphatic carbocycles. The smallest absolute Gasteiger partial charge is 0.255 e. The minimum absolute atomic E-state index is 0.0947. The zero-order valence-corrected chi connectivity index (χ0v) is 13.7. The molecule has 1 aromatic carbocycles. The number of hydrogen-bond donors (Lipinski definition) is 3. The molecular weight excluding hydrogens is 294 g/mol. The second-order valence-electron chi connectivity index (χ2n) is 5.51. The van der Waals surface area contributed by atoms with Crippen molar-refractivity contribution in [3.63, 3.8) is 0 Å². The Bertz CT molecular complexity index is 654. The fourth-order valence-electron chi connectivity index (χ4n) is 2.41. The molecule has 0 radical (unpaired) electrons. The number of para-hydroxylation sites is 1. The third-order valence-electron chi connectivity index (χ3n) is 4.10. The standard InChI is InChI=1S/C17H23N3O3/c1-4-11(2)14(10-21)19-17(22)13-9-18-20-16(13)12-7-5-6-8-15(12)23-3/h5-9,11,14,21H,4,10H2,1-3H3,(H,18,20)(H,19,22)/t11-,14+/m1/s1. The summed E-state index contributed by atoms with van der Waals surface area (Å²) in [6, 6.07) is 7.14. The van der Waals surface area contributed by atoms with E-state index in [0.717, 1.165) is 12.0 Å². The van der Waals surface area contributed by atoms with Gasteiger partial charge in [0, 0.05) is 5.56 Å². The number of nitrogens with one attached hydrogen (secondary N) is 2. The number of benzene rings is 1. The van der Waals surface area contributed by atoms with Crippen LogP contribution in [0.4, 0.5) is 0 Å². The molecule has 0 aliphatic rings. The first-order valence-electron chi connectivity index (χ1n) is 7.70. The number of ether oxygens (including phenoxy) is 1. The first-order valence-corrected chi connectivity index (χ1v) is 7.70. The van der Waals surface area contributed by atoms with Gasteiger partial charge in [-0.3, -0.25) is 9.89 Å². The molecular formula is C17H23N3O3. The first kappa shape index (κ1) is 17.0. The maximum atomic E-state index is 12.6. The molecule has 2 rings (SSSR count). The number of hydrogen-bond acceptors (Lipinski definition) is 4. The zero-order valence-electron chi connectivity index (χ0n) is 13.7. The Morgan fingerprint density at radius 2 is 2.17 bits per heavy atom. The number of carbonyl (C=O) groups is 1. The molecule has 124 valence electrons. The monoisotopic (exact) mass is 317 g/mol. The molecule has 0 spiro atoms. The number of aromatic nitrogens is 2. The SMILES string of the molecule is CC[C@@H](C)[C@H](CO)NC(=O)c1cn[nH]c1-c1ccccc1OC. The molecule has 1 amide bonds. The van der Waals surface area contributed by atoms with Gasteiger partial charge in [-0.1, -0.05) is 32.4 Å². The minimum atomic E-state index is -0.284. The molecule has 0 aliphatic heterocycles. The minimum Gasteiger partial charge on any atom is -0.496 e. The van der Waals surface area contributed by atoms with Gasteiger partial charge < -0.3 is 15.2 Å². The number of methoxy groups -OCH3 is 1. The van der Waals surface area contributed by atoms with Crippen LogP contribution in [0.25, 0.3) is 11.3 Å². The largest absolute Gasteiger partial charge is 0.496 e. The molecule has 0 unspecified atom stereocenters. The van der Waals surface area contributed by atoms with Gasteiger partial charge in [-0.05, 0) is 18.1 Å². The van der Waals surface area contributed by atoms with Crippen LogP contribution in [0, 0.1) is 5.92 Å². The van der Waals surface area contributed by atoms with Crippen LogP contribution in [-0.2, 0) is 0 Å². The van der Waals surface area contributed by atoms with Crippen LogP contribution in [0.2, 0.25) is 0 Å². The van der Waals surface area contributed by atoms with Gasteiger partial charge in [-0.15, -0.1) is 0 Å². The number of aliphatic hydroxyl groups is 1. The fraction of sp³-hybridized carbons (Fsp3) is 0.412. The maximum Gasteiger partial charge on any atom is 0.255 e. The summed E-state index contributed by atoms with van der Waals surface area (Å²) in [5.41, 5.74) is 1.79.